The van der Waals surface area contributed by atoms with Gasteiger partial charge in [-0.1, -0.05) is 42.5 Å². The van der Waals surface area contributed by atoms with Crippen LogP contribution >= 0.6 is 0 Å². The van der Waals surface area contributed by atoms with Gasteiger partial charge in [0.15, 0.2) is 0 Å². The van der Waals surface area contributed by atoms with E-state index in [2.05, 4.69) is 10.5 Å². The second-order valence-electron chi connectivity index (χ2n) is 5.67. The minimum absolute atomic E-state index is 0.143. The van der Waals surface area contributed by atoms with E-state index in [0.717, 1.165) is 0 Å². The number of nitro benzene ring substituents is 1. The van der Waals surface area contributed by atoms with Crippen LogP contribution in [0.2, 0.25) is 0 Å². The molecule has 1 heterocycles. The van der Waals surface area contributed by atoms with Crippen molar-refractivity contribution in [1.82, 2.24) is 5.43 Å². The van der Waals surface area contributed by atoms with Gasteiger partial charge >= 0.3 is 6.18 Å². The van der Waals surface area contributed by atoms with Crippen molar-refractivity contribution in [3.05, 3.63) is 75.8 Å². The second-order valence-corrected chi connectivity index (χ2v) is 5.67. The Hall–Kier alpha value is -3.23. The summed E-state index contributed by atoms with van der Waals surface area (Å²) in [5.74, 6) is -2.98. The van der Waals surface area contributed by atoms with Crippen molar-refractivity contribution in [1.29, 1.82) is 0 Å². The van der Waals surface area contributed by atoms with Crippen LogP contribution in [0.3, 0.4) is 0 Å². The smallest absolute Gasteiger partial charge is 0.301 e. The van der Waals surface area contributed by atoms with E-state index in [9.17, 15) is 28.1 Å². The Labute approximate surface area is 145 Å². The van der Waals surface area contributed by atoms with Gasteiger partial charge in [0.25, 0.3) is 11.5 Å². The van der Waals surface area contributed by atoms with Crippen molar-refractivity contribution < 1.29 is 22.9 Å². The predicted molar refractivity (Wildman–Crippen MR) is 86.7 cm³/mol. The van der Waals surface area contributed by atoms with Gasteiger partial charge in [0, 0.05) is 12.1 Å². The maximum absolute atomic E-state index is 12.9. The van der Waals surface area contributed by atoms with E-state index < -0.39 is 34.6 Å². The van der Waals surface area contributed by atoms with Crippen molar-refractivity contribution >= 4 is 17.2 Å². The van der Waals surface area contributed by atoms with Crippen molar-refractivity contribution in [3.63, 3.8) is 0 Å². The standard InChI is InChI=1S/C17H12F3N3O3/c18-17(19,20)16(24)15-13(10-4-2-1-3-5-10)14(21-22-15)11-6-8-12(9-7-11)23(25)26/h1-9,13-14,21H/t13-,14-/m0/s1. The normalized spacial score (nSPS) is 19.6. The number of non-ortho nitro benzene ring substituents is 1. The van der Waals surface area contributed by atoms with Crippen LogP contribution in [-0.4, -0.2) is 22.6 Å². The fourth-order valence-electron chi connectivity index (χ4n) is 2.86. The number of rotatable bonds is 4. The van der Waals surface area contributed by atoms with Crippen molar-refractivity contribution in [2.24, 2.45) is 5.10 Å². The molecule has 134 valence electrons. The van der Waals surface area contributed by atoms with E-state index in [-0.39, 0.29) is 5.69 Å². The first-order valence-corrected chi connectivity index (χ1v) is 7.53. The van der Waals surface area contributed by atoms with Crippen LogP contribution in [0.4, 0.5) is 18.9 Å². The first-order valence-electron chi connectivity index (χ1n) is 7.53. The summed E-state index contributed by atoms with van der Waals surface area (Å²) < 4.78 is 38.8. The topological polar surface area (TPSA) is 84.6 Å². The number of carbonyl (C=O) groups excluding carboxylic acids is 1. The molecular weight excluding hydrogens is 351 g/mol. The molecule has 0 amide bonds. The molecule has 0 aliphatic carbocycles. The third kappa shape index (κ3) is 3.28. The highest BCUT2D eigenvalue weighted by atomic mass is 19.4. The van der Waals surface area contributed by atoms with Crippen molar-refractivity contribution in [2.45, 2.75) is 18.1 Å². The molecule has 0 aromatic heterocycles. The third-order valence-corrected chi connectivity index (χ3v) is 4.06. The van der Waals surface area contributed by atoms with Gasteiger partial charge < -0.3 is 5.43 Å². The number of Topliss-reactive ketones (excluding diaryl/α,β-unsaturated/α-hetero) is 1. The van der Waals surface area contributed by atoms with Gasteiger partial charge in [0.2, 0.25) is 0 Å². The Balaban J connectivity index is 2.01. The molecule has 0 saturated carbocycles. The zero-order chi connectivity index (χ0) is 18.9. The summed E-state index contributed by atoms with van der Waals surface area (Å²) in [7, 11) is 0. The highest BCUT2D eigenvalue weighted by molar-refractivity contribution is 6.44. The molecule has 0 bridgehead atoms. The summed E-state index contributed by atoms with van der Waals surface area (Å²) in [6, 6.07) is 12.8. The SMILES string of the molecule is O=C(C1=NN[C@@H](c2ccc([N+](=O)[O-])cc2)[C@@H]1c1ccccc1)C(F)(F)F. The van der Waals surface area contributed by atoms with E-state index in [1.54, 1.807) is 30.3 Å². The van der Waals surface area contributed by atoms with Crippen LogP contribution in [0.15, 0.2) is 59.7 Å². The van der Waals surface area contributed by atoms with Gasteiger partial charge in [0.1, 0.15) is 5.71 Å². The zero-order valence-electron chi connectivity index (χ0n) is 13.1. The molecule has 0 radical (unpaired) electrons. The molecule has 1 aliphatic rings. The number of nitrogens with one attached hydrogen (secondary N) is 1. The number of halogens is 3. The molecule has 3 rings (SSSR count). The molecule has 0 fully saturated rings. The number of carbonyl (C=O) groups is 1. The average molecular weight is 363 g/mol. The Morgan fingerprint density at radius 3 is 2.19 bits per heavy atom. The highest BCUT2D eigenvalue weighted by Gasteiger charge is 2.48. The maximum atomic E-state index is 12.9. The first kappa shape index (κ1) is 17.6. The molecule has 2 aromatic carbocycles. The Morgan fingerprint density at radius 2 is 1.65 bits per heavy atom. The second kappa shape index (κ2) is 6.58. The summed E-state index contributed by atoms with van der Waals surface area (Å²) in [5, 5.41) is 14.4. The lowest BCUT2D eigenvalue weighted by Crippen LogP contribution is -2.34. The van der Waals surface area contributed by atoms with Gasteiger partial charge in [-0.05, 0) is 11.1 Å². The molecule has 2 atom stereocenters. The van der Waals surface area contributed by atoms with Crippen LogP contribution in [0.5, 0.6) is 0 Å². The third-order valence-electron chi connectivity index (χ3n) is 4.06. The van der Waals surface area contributed by atoms with Gasteiger partial charge in [-0.2, -0.15) is 18.3 Å². The molecule has 9 heteroatoms. The van der Waals surface area contributed by atoms with Gasteiger partial charge in [-0.3, -0.25) is 14.9 Å². The summed E-state index contributed by atoms with van der Waals surface area (Å²) in [5.41, 5.74) is 2.76. The molecule has 1 aliphatic heterocycles. The number of alkyl halides is 3. The average Bonchev–Trinajstić information content (AvgIpc) is 3.05. The molecular formula is C17H12F3N3O3. The molecule has 0 spiro atoms. The van der Waals surface area contributed by atoms with Crippen molar-refractivity contribution in [3.8, 4) is 0 Å². The van der Waals surface area contributed by atoms with E-state index in [1.165, 1.54) is 24.3 Å². The van der Waals surface area contributed by atoms with Gasteiger partial charge in [-0.15, -0.1) is 0 Å². The lowest BCUT2D eigenvalue weighted by Gasteiger charge is -2.21. The Morgan fingerprint density at radius 1 is 1.04 bits per heavy atom. The number of hydrazone groups is 1. The van der Waals surface area contributed by atoms with Gasteiger partial charge in [0.05, 0.1) is 16.9 Å². The van der Waals surface area contributed by atoms with Crippen molar-refractivity contribution in [2.75, 3.05) is 0 Å². The number of benzene rings is 2. The monoisotopic (exact) mass is 363 g/mol. The number of hydrogen-bond acceptors (Lipinski definition) is 5. The molecule has 6 nitrogen and oxygen atoms in total. The van der Waals surface area contributed by atoms with Crippen LogP contribution < -0.4 is 5.43 Å². The summed E-state index contributed by atoms with van der Waals surface area (Å²) >= 11 is 0. The fraction of sp³-hybridized carbons (Fsp3) is 0.176. The highest BCUT2D eigenvalue weighted by Crippen LogP contribution is 2.38. The molecule has 26 heavy (non-hydrogen) atoms. The largest absolute Gasteiger partial charge is 0.456 e. The Bertz CT molecular complexity index is 864. The quantitative estimate of drug-likeness (QED) is 0.665. The minimum atomic E-state index is -5.04. The van der Waals surface area contributed by atoms with E-state index in [4.69, 9.17) is 0 Å². The molecule has 1 N–H and O–H groups in total. The van der Waals surface area contributed by atoms with Crippen LogP contribution in [0, 0.1) is 10.1 Å². The lowest BCUT2D eigenvalue weighted by molar-refractivity contribution is -0.384. The maximum Gasteiger partial charge on any atom is 0.456 e. The van der Waals surface area contributed by atoms with Crippen LogP contribution in [0.25, 0.3) is 0 Å². The zero-order valence-corrected chi connectivity index (χ0v) is 13.1. The van der Waals surface area contributed by atoms with Gasteiger partial charge in [-0.25, -0.2) is 0 Å². The minimum Gasteiger partial charge on any atom is -0.301 e. The number of ketones is 1. The lowest BCUT2D eigenvalue weighted by atomic mass is 9.83. The summed E-state index contributed by atoms with van der Waals surface area (Å²) in [4.78, 5) is 22.0. The number of nitrogens with zero attached hydrogens (tertiary/aromatic N) is 2. The first-order chi connectivity index (χ1) is 12.3. The van der Waals surface area contributed by atoms with Crippen LogP contribution in [-0.2, 0) is 4.79 Å². The fourth-order valence-corrected chi connectivity index (χ4v) is 2.86. The molecule has 2 aromatic rings. The van der Waals surface area contributed by atoms with Crippen LogP contribution in [0.1, 0.15) is 23.1 Å². The number of nitro groups is 1. The Kier molecular flexibility index (Phi) is 4.45. The molecule has 0 saturated heterocycles. The van der Waals surface area contributed by atoms with E-state index in [1.807, 2.05) is 0 Å². The predicted octanol–water partition coefficient (Wildman–Crippen LogP) is 3.51. The number of hydrogen-bond donors (Lipinski definition) is 1. The van der Waals surface area contributed by atoms with E-state index in [0.29, 0.717) is 11.1 Å². The molecule has 0 unspecified atom stereocenters. The van der Waals surface area contributed by atoms with E-state index >= 15 is 0 Å². The summed E-state index contributed by atoms with van der Waals surface area (Å²) in [6.45, 7) is 0. The summed E-state index contributed by atoms with van der Waals surface area (Å²) in [6.07, 6.45) is -5.04.